The molecule has 4 rings (SSSR count). The maximum absolute atomic E-state index is 5.54. The molecule has 1 aromatic heterocycles. The van der Waals surface area contributed by atoms with Crippen LogP contribution in [0.3, 0.4) is 0 Å². The summed E-state index contributed by atoms with van der Waals surface area (Å²) in [4.78, 5) is 5.89. The molecular weight excluding hydrogens is 296 g/mol. The molecule has 0 spiro atoms. The predicted molar refractivity (Wildman–Crippen MR) is 99.2 cm³/mol. The van der Waals surface area contributed by atoms with Crippen molar-refractivity contribution in [3.8, 4) is 11.1 Å². The Labute approximate surface area is 143 Å². The molecule has 1 fully saturated rings. The molecule has 124 valence electrons. The predicted octanol–water partition coefficient (Wildman–Crippen LogP) is 4.36. The third-order valence-electron chi connectivity index (χ3n) is 4.91. The van der Waals surface area contributed by atoms with Crippen LogP contribution in [-0.4, -0.2) is 35.7 Å². The van der Waals surface area contributed by atoms with Crippen molar-refractivity contribution in [3.05, 3.63) is 59.8 Å². The van der Waals surface area contributed by atoms with Crippen LogP contribution in [0.1, 0.15) is 18.2 Å². The highest BCUT2D eigenvalue weighted by molar-refractivity contribution is 5.85. The molecule has 1 atom stereocenters. The summed E-state index contributed by atoms with van der Waals surface area (Å²) < 4.78 is 5.54. The maximum atomic E-state index is 5.54. The topological polar surface area (TPSA) is 28.3 Å². The fourth-order valence-electron chi connectivity index (χ4n) is 3.54. The Kier molecular flexibility index (Phi) is 4.13. The summed E-state index contributed by atoms with van der Waals surface area (Å²) in [5.41, 5.74) is 6.34. The Morgan fingerprint density at radius 2 is 2.00 bits per heavy atom. The summed E-state index contributed by atoms with van der Waals surface area (Å²) in [7, 11) is 0. The molecule has 0 amide bonds. The van der Waals surface area contributed by atoms with Crippen LogP contribution in [0.15, 0.2) is 48.5 Å². The largest absolute Gasteiger partial charge is 0.379 e. The molecular formula is C21H24N2O. The van der Waals surface area contributed by atoms with Gasteiger partial charge < -0.3 is 9.72 Å². The van der Waals surface area contributed by atoms with Crippen LogP contribution in [0, 0.1) is 6.92 Å². The first-order chi connectivity index (χ1) is 11.7. The molecule has 1 unspecified atom stereocenters. The van der Waals surface area contributed by atoms with Gasteiger partial charge in [-0.2, -0.15) is 0 Å². The van der Waals surface area contributed by atoms with E-state index in [4.69, 9.17) is 4.74 Å². The van der Waals surface area contributed by atoms with Crippen molar-refractivity contribution in [2.75, 3.05) is 19.8 Å². The molecule has 2 heterocycles. The minimum absolute atomic E-state index is 0.488. The molecule has 1 aliphatic rings. The van der Waals surface area contributed by atoms with Crippen LogP contribution >= 0.6 is 0 Å². The van der Waals surface area contributed by atoms with Gasteiger partial charge in [-0.05, 0) is 54.8 Å². The number of rotatable bonds is 3. The van der Waals surface area contributed by atoms with Crippen molar-refractivity contribution in [1.29, 1.82) is 0 Å². The van der Waals surface area contributed by atoms with Gasteiger partial charge in [-0.15, -0.1) is 0 Å². The lowest BCUT2D eigenvalue weighted by atomic mass is 10.0. The number of nitrogens with zero attached hydrogens (tertiary/aromatic N) is 1. The molecule has 3 heteroatoms. The van der Waals surface area contributed by atoms with E-state index in [0.717, 1.165) is 26.3 Å². The maximum Gasteiger partial charge on any atom is 0.0619 e. The first kappa shape index (κ1) is 15.4. The zero-order chi connectivity index (χ0) is 16.5. The number of fused-ring (bicyclic) bond motifs is 1. The van der Waals surface area contributed by atoms with Gasteiger partial charge in [0.15, 0.2) is 0 Å². The van der Waals surface area contributed by atoms with Gasteiger partial charge in [-0.3, -0.25) is 4.90 Å². The Hall–Kier alpha value is -2.10. The molecule has 0 radical (unpaired) electrons. The highest BCUT2D eigenvalue weighted by Crippen LogP contribution is 2.26. The minimum atomic E-state index is 0.488. The molecule has 3 aromatic rings. The molecule has 24 heavy (non-hydrogen) atoms. The lowest BCUT2D eigenvalue weighted by molar-refractivity contribution is -0.00436. The van der Waals surface area contributed by atoms with Crippen LogP contribution in [0.5, 0.6) is 0 Å². The van der Waals surface area contributed by atoms with E-state index in [9.17, 15) is 0 Å². The van der Waals surface area contributed by atoms with E-state index >= 15 is 0 Å². The summed E-state index contributed by atoms with van der Waals surface area (Å²) >= 11 is 0. The minimum Gasteiger partial charge on any atom is -0.379 e. The number of aromatic amines is 1. The van der Waals surface area contributed by atoms with E-state index in [2.05, 4.69) is 72.3 Å². The highest BCUT2D eigenvalue weighted by atomic mass is 16.5. The first-order valence-electron chi connectivity index (χ1n) is 8.69. The zero-order valence-corrected chi connectivity index (χ0v) is 14.4. The van der Waals surface area contributed by atoms with E-state index in [0.29, 0.717) is 6.04 Å². The standard InChI is InChI=1S/C21H24N2O/c1-15-10-20-12-19(6-7-21(20)22-15)18-5-3-4-17(11-18)13-23-8-9-24-14-16(23)2/h3-7,10-12,16,22H,8-9,13-14H2,1-2H3. The number of morpholine rings is 1. The summed E-state index contributed by atoms with van der Waals surface area (Å²) in [6, 6.07) is 18.3. The van der Waals surface area contributed by atoms with E-state index in [1.165, 1.54) is 33.3 Å². The van der Waals surface area contributed by atoms with Crippen molar-refractivity contribution in [2.24, 2.45) is 0 Å². The third kappa shape index (κ3) is 3.10. The number of ether oxygens (including phenoxy) is 1. The number of benzene rings is 2. The van der Waals surface area contributed by atoms with E-state index in [-0.39, 0.29) is 0 Å². The van der Waals surface area contributed by atoms with E-state index in [1.54, 1.807) is 0 Å². The summed E-state index contributed by atoms with van der Waals surface area (Å²) in [6.45, 7) is 8.02. The average Bonchev–Trinajstić information content (AvgIpc) is 2.96. The van der Waals surface area contributed by atoms with Gasteiger partial charge in [-0.1, -0.05) is 24.3 Å². The van der Waals surface area contributed by atoms with Crippen molar-refractivity contribution in [1.82, 2.24) is 9.88 Å². The number of aromatic nitrogens is 1. The lowest BCUT2D eigenvalue weighted by Crippen LogP contribution is -2.42. The fourth-order valence-corrected chi connectivity index (χ4v) is 3.54. The molecule has 2 aromatic carbocycles. The van der Waals surface area contributed by atoms with E-state index in [1.807, 2.05) is 0 Å². The quantitative estimate of drug-likeness (QED) is 0.776. The second kappa shape index (κ2) is 6.42. The average molecular weight is 320 g/mol. The molecule has 0 aliphatic carbocycles. The van der Waals surface area contributed by atoms with Crippen molar-refractivity contribution in [2.45, 2.75) is 26.4 Å². The van der Waals surface area contributed by atoms with Crippen molar-refractivity contribution in [3.63, 3.8) is 0 Å². The number of nitrogens with one attached hydrogen (secondary N) is 1. The molecule has 0 bridgehead atoms. The summed E-state index contributed by atoms with van der Waals surface area (Å²) in [5.74, 6) is 0. The van der Waals surface area contributed by atoms with Gasteiger partial charge in [0, 0.05) is 35.7 Å². The highest BCUT2D eigenvalue weighted by Gasteiger charge is 2.18. The first-order valence-corrected chi connectivity index (χ1v) is 8.69. The number of aryl methyl sites for hydroxylation is 1. The Balaban J connectivity index is 1.61. The Bertz CT molecular complexity index is 852. The van der Waals surface area contributed by atoms with Crippen LogP contribution in [0.2, 0.25) is 0 Å². The molecule has 3 nitrogen and oxygen atoms in total. The second-order valence-corrected chi connectivity index (χ2v) is 6.85. The Morgan fingerprint density at radius 3 is 2.88 bits per heavy atom. The van der Waals surface area contributed by atoms with Gasteiger partial charge in [0.1, 0.15) is 0 Å². The molecule has 1 N–H and O–H groups in total. The second-order valence-electron chi connectivity index (χ2n) is 6.85. The van der Waals surface area contributed by atoms with Crippen LogP contribution in [-0.2, 0) is 11.3 Å². The SMILES string of the molecule is Cc1cc2cc(-c3cccc(CN4CCOCC4C)c3)ccc2[nH]1. The third-order valence-corrected chi connectivity index (χ3v) is 4.91. The smallest absolute Gasteiger partial charge is 0.0619 e. The fraction of sp³-hybridized carbons (Fsp3) is 0.333. The van der Waals surface area contributed by atoms with Gasteiger partial charge in [0.2, 0.25) is 0 Å². The number of H-pyrrole nitrogens is 1. The van der Waals surface area contributed by atoms with Crippen molar-refractivity contribution >= 4 is 10.9 Å². The molecule has 1 aliphatic heterocycles. The lowest BCUT2D eigenvalue weighted by Gasteiger charge is -2.33. The normalized spacial score (nSPS) is 19.0. The van der Waals surface area contributed by atoms with Gasteiger partial charge in [0.25, 0.3) is 0 Å². The van der Waals surface area contributed by atoms with Crippen molar-refractivity contribution < 1.29 is 4.74 Å². The van der Waals surface area contributed by atoms with Gasteiger partial charge in [-0.25, -0.2) is 0 Å². The van der Waals surface area contributed by atoms with Crippen LogP contribution in [0.4, 0.5) is 0 Å². The Morgan fingerprint density at radius 1 is 1.12 bits per heavy atom. The molecule has 0 saturated carbocycles. The van der Waals surface area contributed by atoms with Crippen LogP contribution < -0.4 is 0 Å². The van der Waals surface area contributed by atoms with E-state index < -0.39 is 0 Å². The molecule has 1 saturated heterocycles. The van der Waals surface area contributed by atoms with Crippen LogP contribution in [0.25, 0.3) is 22.0 Å². The number of hydrogen-bond acceptors (Lipinski definition) is 2. The monoisotopic (exact) mass is 320 g/mol. The summed E-state index contributed by atoms with van der Waals surface area (Å²) in [6.07, 6.45) is 0. The zero-order valence-electron chi connectivity index (χ0n) is 14.4. The van der Waals surface area contributed by atoms with Gasteiger partial charge >= 0.3 is 0 Å². The van der Waals surface area contributed by atoms with Gasteiger partial charge in [0.05, 0.1) is 13.2 Å². The summed E-state index contributed by atoms with van der Waals surface area (Å²) in [5, 5.41) is 1.28. The number of hydrogen-bond donors (Lipinski definition) is 1.